The zero-order valence-electron chi connectivity index (χ0n) is 14.1. The van der Waals surface area contributed by atoms with Crippen molar-refractivity contribution in [3.05, 3.63) is 0 Å². The number of rotatable bonds is 4. The standard InChI is InChI=1S/C17H32N2O2/c1-12(13-7-5-8-13)18-14-9-6-10-15(11-14)19-16(20)21-17(2,3)4/h12-15,18H,5-11H2,1-4H3,(H,19,20). The summed E-state index contributed by atoms with van der Waals surface area (Å²) in [5, 5.41) is 6.81. The number of carbonyl (C=O) groups is 1. The summed E-state index contributed by atoms with van der Waals surface area (Å²) < 4.78 is 5.35. The van der Waals surface area contributed by atoms with Crippen molar-refractivity contribution in [2.24, 2.45) is 5.92 Å². The molecule has 21 heavy (non-hydrogen) atoms. The molecule has 0 saturated heterocycles. The summed E-state index contributed by atoms with van der Waals surface area (Å²) in [7, 11) is 0. The van der Waals surface area contributed by atoms with Crippen molar-refractivity contribution in [3.8, 4) is 0 Å². The maximum absolute atomic E-state index is 11.9. The molecule has 0 heterocycles. The van der Waals surface area contributed by atoms with Crippen molar-refractivity contribution in [1.82, 2.24) is 10.6 Å². The Kier molecular flexibility index (Phi) is 5.53. The molecule has 2 aliphatic rings. The second-order valence-corrected chi connectivity index (χ2v) is 7.85. The normalized spacial score (nSPS) is 28.6. The Bertz CT molecular complexity index is 347. The van der Waals surface area contributed by atoms with E-state index >= 15 is 0 Å². The first-order valence-electron chi connectivity index (χ1n) is 8.59. The van der Waals surface area contributed by atoms with E-state index in [9.17, 15) is 4.79 Å². The number of ether oxygens (including phenoxy) is 1. The SMILES string of the molecule is CC(NC1CCCC(NC(=O)OC(C)(C)C)C1)C1CCC1. The number of amides is 1. The van der Waals surface area contributed by atoms with E-state index in [0.717, 1.165) is 18.8 Å². The van der Waals surface area contributed by atoms with Gasteiger partial charge in [0.2, 0.25) is 0 Å². The van der Waals surface area contributed by atoms with Crippen LogP contribution in [0.5, 0.6) is 0 Å². The van der Waals surface area contributed by atoms with Crippen LogP contribution in [-0.4, -0.2) is 29.8 Å². The van der Waals surface area contributed by atoms with E-state index in [1.165, 1.54) is 32.1 Å². The second kappa shape index (κ2) is 6.99. The quantitative estimate of drug-likeness (QED) is 0.833. The molecule has 4 nitrogen and oxygen atoms in total. The van der Waals surface area contributed by atoms with Gasteiger partial charge in [0, 0.05) is 18.1 Å². The van der Waals surface area contributed by atoms with E-state index < -0.39 is 5.60 Å². The maximum atomic E-state index is 11.9. The molecule has 1 amide bonds. The van der Waals surface area contributed by atoms with Crippen LogP contribution in [0.3, 0.4) is 0 Å². The lowest BCUT2D eigenvalue weighted by Gasteiger charge is -2.37. The van der Waals surface area contributed by atoms with E-state index in [0.29, 0.717) is 12.1 Å². The fraction of sp³-hybridized carbons (Fsp3) is 0.941. The number of hydrogen-bond donors (Lipinski definition) is 2. The number of nitrogens with one attached hydrogen (secondary N) is 2. The second-order valence-electron chi connectivity index (χ2n) is 7.85. The molecule has 0 spiro atoms. The first kappa shape index (κ1) is 16.6. The highest BCUT2D eigenvalue weighted by Gasteiger charge is 2.29. The Labute approximate surface area is 129 Å². The van der Waals surface area contributed by atoms with Crippen molar-refractivity contribution < 1.29 is 9.53 Å². The Balaban J connectivity index is 1.73. The summed E-state index contributed by atoms with van der Waals surface area (Å²) >= 11 is 0. The molecular formula is C17H32N2O2. The van der Waals surface area contributed by atoms with Gasteiger partial charge in [0.1, 0.15) is 5.60 Å². The molecule has 122 valence electrons. The average molecular weight is 296 g/mol. The minimum atomic E-state index is -0.421. The average Bonchev–Trinajstić information content (AvgIpc) is 2.23. The molecule has 2 aliphatic carbocycles. The molecule has 4 heteroatoms. The van der Waals surface area contributed by atoms with Crippen LogP contribution in [0.15, 0.2) is 0 Å². The van der Waals surface area contributed by atoms with Gasteiger partial charge in [-0.3, -0.25) is 0 Å². The molecule has 0 radical (unpaired) electrons. The first-order valence-corrected chi connectivity index (χ1v) is 8.59. The molecule has 2 rings (SSSR count). The van der Waals surface area contributed by atoms with Crippen LogP contribution < -0.4 is 10.6 Å². The van der Waals surface area contributed by atoms with Gasteiger partial charge in [0.05, 0.1) is 0 Å². The lowest BCUT2D eigenvalue weighted by molar-refractivity contribution is 0.0486. The molecule has 2 N–H and O–H groups in total. The van der Waals surface area contributed by atoms with Crippen LogP contribution in [0.25, 0.3) is 0 Å². The monoisotopic (exact) mass is 296 g/mol. The molecule has 2 saturated carbocycles. The van der Waals surface area contributed by atoms with Crippen LogP contribution in [0.1, 0.15) is 72.6 Å². The van der Waals surface area contributed by atoms with Crippen LogP contribution in [0, 0.1) is 5.92 Å². The Hall–Kier alpha value is -0.770. The Morgan fingerprint density at radius 1 is 1.10 bits per heavy atom. The zero-order valence-corrected chi connectivity index (χ0v) is 14.1. The van der Waals surface area contributed by atoms with Gasteiger partial charge < -0.3 is 15.4 Å². The molecule has 0 aromatic rings. The van der Waals surface area contributed by atoms with Gasteiger partial charge in [-0.25, -0.2) is 4.79 Å². The summed E-state index contributed by atoms with van der Waals surface area (Å²) in [4.78, 5) is 11.9. The van der Waals surface area contributed by atoms with Crippen LogP contribution in [-0.2, 0) is 4.74 Å². The maximum Gasteiger partial charge on any atom is 0.407 e. The molecule has 3 unspecified atom stereocenters. The highest BCUT2D eigenvalue weighted by Crippen LogP contribution is 2.30. The van der Waals surface area contributed by atoms with Gasteiger partial charge in [-0.2, -0.15) is 0 Å². The first-order chi connectivity index (χ1) is 9.83. The van der Waals surface area contributed by atoms with Gasteiger partial charge >= 0.3 is 6.09 Å². The molecule has 0 aromatic heterocycles. The summed E-state index contributed by atoms with van der Waals surface area (Å²) in [6, 6.07) is 1.40. The third-order valence-corrected chi connectivity index (χ3v) is 4.75. The minimum Gasteiger partial charge on any atom is -0.444 e. The van der Waals surface area contributed by atoms with Gasteiger partial charge in [-0.05, 0) is 72.1 Å². The van der Waals surface area contributed by atoms with E-state index in [1.807, 2.05) is 20.8 Å². The Morgan fingerprint density at radius 2 is 1.71 bits per heavy atom. The third-order valence-electron chi connectivity index (χ3n) is 4.75. The summed E-state index contributed by atoms with van der Waals surface area (Å²) in [5.41, 5.74) is -0.421. The van der Waals surface area contributed by atoms with Crippen molar-refractivity contribution >= 4 is 6.09 Å². The fourth-order valence-corrected chi connectivity index (χ4v) is 3.39. The highest BCUT2D eigenvalue weighted by molar-refractivity contribution is 5.68. The van der Waals surface area contributed by atoms with Crippen molar-refractivity contribution in [2.45, 2.75) is 96.4 Å². The van der Waals surface area contributed by atoms with Crippen molar-refractivity contribution in [2.75, 3.05) is 0 Å². The van der Waals surface area contributed by atoms with E-state index in [2.05, 4.69) is 17.6 Å². The molecule has 3 atom stereocenters. The largest absolute Gasteiger partial charge is 0.444 e. The molecule has 0 bridgehead atoms. The van der Waals surface area contributed by atoms with Gasteiger partial charge in [0.25, 0.3) is 0 Å². The summed E-state index contributed by atoms with van der Waals surface area (Å²) in [5.74, 6) is 0.865. The molecule has 0 aromatic carbocycles. The molecule has 0 aliphatic heterocycles. The summed E-state index contributed by atoms with van der Waals surface area (Å²) in [6.45, 7) is 8.02. The number of carbonyl (C=O) groups excluding carboxylic acids is 1. The van der Waals surface area contributed by atoms with E-state index in [1.54, 1.807) is 0 Å². The molecule has 2 fully saturated rings. The lowest BCUT2D eigenvalue weighted by Crippen LogP contribution is -2.49. The zero-order chi connectivity index (χ0) is 15.5. The fourth-order valence-electron chi connectivity index (χ4n) is 3.39. The minimum absolute atomic E-state index is 0.250. The highest BCUT2D eigenvalue weighted by atomic mass is 16.6. The Morgan fingerprint density at radius 3 is 2.29 bits per heavy atom. The predicted molar refractivity (Wildman–Crippen MR) is 85.4 cm³/mol. The number of hydrogen-bond acceptors (Lipinski definition) is 3. The summed E-state index contributed by atoms with van der Waals surface area (Å²) in [6.07, 6.45) is 8.36. The number of alkyl carbamates (subject to hydrolysis) is 1. The molecular weight excluding hydrogens is 264 g/mol. The van der Waals surface area contributed by atoms with Crippen molar-refractivity contribution in [3.63, 3.8) is 0 Å². The van der Waals surface area contributed by atoms with Gasteiger partial charge in [-0.1, -0.05) is 6.42 Å². The van der Waals surface area contributed by atoms with E-state index in [-0.39, 0.29) is 12.1 Å². The van der Waals surface area contributed by atoms with Crippen LogP contribution >= 0.6 is 0 Å². The van der Waals surface area contributed by atoms with Crippen LogP contribution in [0.4, 0.5) is 4.79 Å². The van der Waals surface area contributed by atoms with Crippen molar-refractivity contribution in [1.29, 1.82) is 0 Å². The van der Waals surface area contributed by atoms with Gasteiger partial charge in [-0.15, -0.1) is 0 Å². The third kappa shape index (κ3) is 5.50. The lowest BCUT2D eigenvalue weighted by atomic mass is 9.79. The smallest absolute Gasteiger partial charge is 0.407 e. The van der Waals surface area contributed by atoms with Gasteiger partial charge in [0.15, 0.2) is 0 Å². The predicted octanol–water partition coefficient (Wildman–Crippen LogP) is 3.60. The van der Waals surface area contributed by atoms with Crippen LogP contribution in [0.2, 0.25) is 0 Å². The topological polar surface area (TPSA) is 50.4 Å². The van der Waals surface area contributed by atoms with E-state index in [4.69, 9.17) is 4.74 Å².